The smallest absolute Gasteiger partial charge is 0.220 e. The van der Waals surface area contributed by atoms with Crippen LogP contribution in [0.4, 0.5) is 0 Å². The Morgan fingerprint density at radius 2 is 1.95 bits per heavy atom. The van der Waals surface area contributed by atoms with E-state index in [4.69, 9.17) is 0 Å². The molecule has 3 nitrogen and oxygen atoms in total. The zero-order valence-corrected chi connectivity index (χ0v) is 12.4. The highest BCUT2D eigenvalue weighted by Gasteiger charge is 2.45. The number of rotatable bonds is 1. The second kappa shape index (κ2) is 7.61. The standard InChI is InChI=1S/C14H21N3.C2H6.CH4/c1-2-12-4-6-14(7-5-12)10-17(11-14)13-15-8-3-9-16-13;1-2;/h2,8,12H,1,3-7,9-11H2;1-2H3;1H4. The molecular weight excluding hydrogens is 246 g/mol. The molecule has 20 heavy (non-hydrogen) atoms. The van der Waals surface area contributed by atoms with Gasteiger partial charge in [0, 0.05) is 37.7 Å². The minimum absolute atomic E-state index is 0. The topological polar surface area (TPSA) is 28.0 Å². The van der Waals surface area contributed by atoms with Crippen molar-refractivity contribution in [2.24, 2.45) is 21.3 Å². The van der Waals surface area contributed by atoms with E-state index in [0.717, 1.165) is 24.8 Å². The van der Waals surface area contributed by atoms with Gasteiger partial charge in [-0.2, -0.15) is 0 Å². The Labute approximate surface area is 124 Å². The van der Waals surface area contributed by atoms with Gasteiger partial charge in [0.1, 0.15) is 0 Å². The maximum atomic E-state index is 4.49. The quantitative estimate of drug-likeness (QED) is 0.661. The fourth-order valence-electron chi connectivity index (χ4n) is 3.30. The third kappa shape index (κ3) is 3.50. The van der Waals surface area contributed by atoms with E-state index in [0.29, 0.717) is 5.41 Å². The summed E-state index contributed by atoms with van der Waals surface area (Å²) in [6.07, 6.45) is 10.5. The molecule has 1 spiro atoms. The molecule has 1 saturated heterocycles. The Kier molecular flexibility index (Phi) is 6.44. The van der Waals surface area contributed by atoms with Crippen LogP contribution >= 0.6 is 0 Å². The van der Waals surface area contributed by atoms with Gasteiger partial charge in [0.25, 0.3) is 0 Å². The van der Waals surface area contributed by atoms with Crippen molar-refractivity contribution < 1.29 is 0 Å². The number of hydrogen-bond acceptors (Lipinski definition) is 3. The fourth-order valence-corrected chi connectivity index (χ4v) is 3.30. The Balaban J connectivity index is 0.000000639. The minimum Gasteiger partial charge on any atom is -0.340 e. The van der Waals surface area contributed by atoms with Crippen molar-refractivity contribution in [2.75, 3.05) is 19.6 Å². The molecule has 0 aromatic carbocycles. The summed E-state index contributed by atoms with van der Waals surface area (Å²) in [6.45, 7) is 11.2. The molecule has 3 heteroatoms. The number of hydrogen-bond donors (Lipinski definition) is 0. The first kappa shape index (κ1) is 16.9. The van der Waals surface area contributed by atoms with E-state index < -0.39 is 0 Å². The van der Waals surface area contributed by atoms with Crippen molar-refractivity contribution in [3.8, 4) is 0 Å². The van der Waals surface area contributed by atoms with Gasteiger partial charge in [-0.3, -0.25) is 4.99 Å². The largest absolute Gasteiger partial charge is 0.340 e. The molecule has 3 aliphatic rings. The molecule has 0 N–H and O–H groups in total. The van der Waals surface area contributed by atoms with Crippen molar-refractivity contribution in [1.29, 1.82) is 0 Å². The van der Waals surface area contributed by atoms with Crippen molar-refractivity contribution in [3.05, 3.63) is 12.7 Å². The van der Waals surface area contributed by atoms with Crippen LogP contribution in [0.1, 0.15) is 53.4 Å². The summed E-state index contributed by atoms with van der Waals surface area (Å²) in [4.78, 5) is 11.2. The maximum absolute atomic E-state index is 4.49. The second-order valence-corrected chi connectivity index (χ2v) is 5.71. The van der Waals surface area contributed by atoms with Crippen LogP contribution < -0.4 is 0 Å². The van der Waals surface area contributed by atoms with Gasteiger partial charge in [-0.05, 0) is 31.6 Å². The van der Waals surface area contributed by atoms with Crippen LogP contribution in [0.5, 0.6) is 0 Å². The Bertz CT molecular complexity index is 354. The maximum Gasteiger partial charge on any atom is 0.220 e. The molecule has 3 rings (SSSR count). The number of nitrogens with zero attached hydrogens (tertiary/aromatic N) is 3. The van der Waals surface area contributed by atoms with Crippen LogP contribution in [0.25, 0.3) is 0 Å². The van der Waals surface area contributed by atoms with Gasteiger partial charge >= 0.3 is 0 Å². The lowest BCUT2D eigenvalue weighted by atomic mass is 9.66. The number of aliphatic imine (C=N–C) groups is 2. The zero-order chi connectivity index (χ0) is 13.7. The third-order valence-electron chi connectivity index (χ3n) is 4.48. The lowest BCUT2D eigenvalue weighted by Crippen LogP contribution is -2.59. The molecule has 0 aromatic rings. The molecule has 0 radical (unpaired) electrons. The Morgan fingerprint density at radius 1 is 1.30 bits per heavy atom. The summed E-state index contributed by atoms with van der Waals surface area (Å²) in [7, 11) is 0. The van der Waals surface area contributed by atoms with Crippen molar-refractivity contribution >= 4 is 12.2 Å². The number of allylic oxidation sites excluding steroid dienone is 1. The normalized spacial score (nSPS) is 23.9. The fraction of sp³-hybridized carbons (Fsp3) is 0.765. The molecule has 1 saturated carbocycles. The van der Waals surface area contributed by atoms with Crippen LogP contribution in [0.2, 0.25) is 0 Å². The van der Waals surface area contributed by atoms with Crippen LogP contribution in [0, 0.1) is 11.3 Å². The first-order valence-electron chi connectivity index (χ1n) is 7.76. The summed E-state index contributed by atoms with van der Waals surface area (Å²) in [6, 6.07) is 0. The van der Waals surface area contributed by atoms with Crippen LogP contribution in [0.15, 0.2) is 22.6 Å². The molecular formula is C17H31N3. The molecule has 2 aliphatic heterocycles. The van der Waals surface area contributed by atoms with E-state index in [1.54, 1.807) is 0 Å². The molecule has 0 atom stereocenters. The monoisotopic (exact) mass is 277 g/mol. The first-order chi connectivity index (χ1) is 9.31. The summed E-state index contributed by atoms with van der Waals surface area (Å²) in [5, 5.41) is 0. The minimum atomic E-state index is 0. The molecule has 0 bridgehead atoms. The van der Waals surface area contributed by atoms with Gasteiger partial charge in [0.15, 0.2) is 0 Å². The van der Waals surface area contributed by atoms with Crippen LogP contribution in [0.3, 0.4) is 0 Å². The Hall–Kier alpha value is -1.12. The zero-order valence-electron chi connectivity index (χ0n) is 12.4. The van der Waals surface area contributed by atoms with Gasteiger partial charge in [-0.15, -0.1) is 6.58 Å². The van der Waals surface area contributed by atoms with Gasteiger partial charge in [-0.25, -0.2) is 4.99 Å². The predicted octanol–water partition coefficient (Wildman–Crippen LogP) is 4.16. The van der Waals surface area contributed by atoms with Crippen molar-refractivity contribution in [3.63, 3.8) is 0 Å². The summed E-state index contributed by atoms with van der Waals surface area (Å²) < 4.78 is 0. The van der Waals surface area contributed by atoms with E-state index in [9.17, 15) is 0 Å². The Morgan fingerprint density at radius 3 is 2.45 bits per heavy atom. The van der Waals surface area contributed by atoms with E-state index in [-0.39, 0.29) is 7.43 Å². The lowest BCUT2D eigenvalue weighted by molar-refractivity contribution is 0.0112. The average molecular weight is 277 g/mol. The molecule has 1 aliphatic carbocycles. The molecule has 114 valence electrons. The van der Waals surface area contributed by atoms with E-state index in [1.807, 2.05) is 20.1 Å². The van der Waals surface area contributed by atoms with Gasteiger partial charge < -0.3 is 4.90 Å². The van der Waals surface area contributed by atoms with E-state index in [2.05, 4.69) is 27.5 Å². The van der Waals surface area contributed by atoms with Gasteiger partial charge in [-0.1, -0.05) is 27.4 Å². The molecule has 0 amide bonds. The predicted molar refractivity (Wildman–Crippen MR) is 89.7 cm³/mol. The highest BCUT2D eigenvalue weighted by atomic mass is 15.3. The van der Waals surface area contributed by atoms with Crippen molar-refractivity contribution in [1.82, 2.24) is 4.90 Å². The molecule has 2 fully saturated rings. The lowest BCUT2D eigenvalue weighted by Gasteiger charge is -2.53. The van der Waals surface area contributed by atoms with E-state index >= 15 is 0 Å². The highest BCUT2D eigenvalue weighted by molar-refractivity contribution is 5.90. The molecule has 0 aromatic heterocycles. The number of likely N-dealkylation sites (tertiary alicyclic amines) is 1. The van der Waals surface area contributed by atoms with Gasteiger partial charge in [0.2, 0.25) is 5.96 Å². The summed E-state index contributed by atoms with van der Waals surface area (Å²) in [5.41, 5.74) is 0.578. The van der Waals surface area contributed by atoms with Crippen LogP contribution in [-0.4, -0.2) is 36.7 Å². The number of guanidine groups is 1. The third-order valence-corrected chi connectivity index (χ3v) is 4.48. The molecule has 0 unspecified atom stereocenters. The van der Waals surface area contributed by atoms with Gasteiger partial charge in [0.05, 0.1) is 0 Å². The first-order valence-corrected chi connectivity index (χ1v) is 7.76. The summed E-state index contributed by atoms with van der Waals surface area (Å²) in [5.74, 6) is 1.74. The second-order valence-electron chi connectivity index (χ2n) is 5.71. The SMILES string of the molecule is C.C=CC1CCC2(CC1)CN(C1=NCCC=N1)C2.CC. The highest BCUT2D eigenvalue weighted by Crippen LogP contribution is 2.46. The summed E-state index contributed by atoms with van der Waals surface area (Å²) >= 11 is 0. The van der Waals surface area contributed by atoms with Crippen LogP contribution in [-0.2, 0) is 0 Å². The van der Waals surface area contributed by atoms with Crippen molar-refractivity contribution in [2.45, 2.75) is 53.4 Å². The molecule has 2 heterocycles. The van der Waals surface area contributed by atoms with E-state index in [1.165, 1.54) is 38.8 Å². The average Bonchev–Trinajstić information content (AvgIpc) is 2.48.